The number of aromatic nitrogens is 3. The lowest BCUT2D eigenvalue weighted by Crippen LogP contribution is -2.36. The van der Waals surface area contributed by atoms with Crippen LogP contribution in [-0.4, -0.2) is 41.5 Å². The Morgan fingerprint density at radius 1 is 1.31 bits per heavy atom. The highest BCUT2D eigenvalue weighted by atomic mass is 35.5. The smallest absolute Gasteiger partial charge is 0.221 e. The van der Waals surface area contributed by atoms with Gasteiger partial charge < -0.3 is 9.64 Å². The minimum atomic E-state index is 0. The molecule has 1 N–H and O–H groups in total. The molecule has 76 valence electrons. The van der Waals surface area contributed by atoms with E-state index in [1.54, 1.807) is 0 Å². The van der Waals surface area contributed by atoms with Crippen molar-refractivity contribution in [3.8, 4) is 0 Å². The number of nitrogens with zero attached hydrogens (tertiary/aromatic N) is 3. The summed E-state index contributed by atoms with van der Waals surface area (Å²) >= 11 is 0. The summed E-state index contributed by atoms with van der Waals surface area (Å²) in [4.78, 5) is 6.17. The maximum atomic E-state index is 5.19. The Kier molecular flexibility index (Phi) is 5.77. The van der Waals surface area contributed by atoms with E-state index in [0.29, 0.717) is 0 Å². The van der Waals surface area contributed by atoms with Crippen molar-refractivity contribution in [2.45, 2.75) is 0 Å². The Hall–Kier alpha value is -0.520. The number of morpholine rings is 1. The van der Waals surface area contributed by atoms with Crippen molar-refractivity contribution < 1.29 is 4.74 Å². The highest BCUT2D eigenvalue weighted by molar-refractivity contribution is 5.85. The average Bonchev–Trinajstić information content (AvgIpc) is 2.58. The van der Waals surface area contributed by atoms with Gasteiger partial charge in [-0.3, -0.25) is 0 Å². The molecular formula is C6H12Cl2N4O. The number of nitrogens with one attached hydrogen (secondary N) is 1. The molecule has 0 unspecified atom stereocenters. The van der Waals surface area contributed by atoms with Gasteiger partial charge in [-0.15, -0.1) is 24.8 Å². The summed E-state index contributed by atoms with van der Waals surface area (Å²) in [6.45, 7) is 3.35. The number of ether oxygens (including phenoxy) is 1. The van der Waals surface area contributed by atoms with Gasteiger partial charge in [0.05, 0.1) is 13.2 Å². The molecular weight excluding hydrogens is 215 g/mol. The zero-order chi connectivity index (χ0) is 7.52. The number of halogens is 2. The normalized spacial score (nSPS) is 15.8. The number of hydrogen-bond donors (Lipinski definition) is 1. The van der Waals surface area contributed by atoms with E-state index in [1.807, 2.05) is 0 Å². The zero-order valence-electron chi connectivity index (χ0n) is 6.97. The molecule has 0 aromatic carbocycles. The molecule has 1 aliphatic rings. The number of anilines is 1. The average molecular weight is 227 g/mol. The predicted molar refractivity (Wildman–Crippen MR) is 53.9 cm³/mol. The van der Waals surface area contributed by atoms with Gasteiger partial charge in [-0.25, -0.2) is 5.10 Å². The van der Waals surface area contributed by atoms with Crippen LogP contribution in [0.15, 0.2) is 6.33 Å². The molecule has 0 atom stereocenters. The summed E-state index contributed by atoms with van der Waals surface area (Å²) in [6, 6.07) is 0. The van der Waals surface area contributed by atoms with Crippen molar-refractivity contribution in [2.24, 2.45) is 0 Å². The topological polar surface area (TPSA) is 54.0 Å². The van der Waals surface area contributed by atoms with Crippen LogP contribution in [0.2, 0.25) is 0 Å². The Morgan fingerprint density at radius 3 is 2.54 bits per heavy atom. The fraction of sp³-hybridized carbons (Fsp3) is 0.667. The van der Waals surface area contributed by atoms with Gasteiger partial charge >= 0.3 is 0 Å². The van der Waals surface area contributed by atoms with Crippen LogP contribution < -0.4 is 4.90 Å². The van der Waals surface area contributed by atoms with Crippen LogP contribution >= 0.6 is 24.8 Å². The van der Waals surface area contributed by atoms with Gasteiger partial charge in [-0.05, 0) is 0 Å². The van der Waals surface area contributed by atoms with Crippen molar-refractivity contribution in [3.05, 3.63) is 6.33 Å². The summed E-state index contributed by atoms with van der Waals surface area (Å²) in [5, 5.41) is 6.59. The molecule has 0 radical (unpaired) electrons. The standard InChI is InChI=1S/C6H10N4O.2ClH/c1-3-11-4-2-10(1)6-7-5-8-9-6;;/h5H,1-4H2,(H,7,8,9);2*1H. The van der Waals surface area contributed by atoms with Gasteiger partial charge in [0.1, 0.15) is 6.33 Å². The largest absolute Gasteiger partial charge is 0.378 e. The van der Waals surface area contributed by atoms with Gasteiger partial charge in [0, 0.05) is 13.1 Å². The molecule has 1 aliphatic heterocycles. The molecule has 7 heteroatoms. The molecule has 1 aromatic rings. The molecule has 1 saturated heterocycles. The van der Waals surface area contributed by atoms with Crippen LogP contribution in [0, 0.1) is 0 Å². The summed E-state index contributed by atoms with van der Waals surface area (Å²) in [5.41, 5.74) is 0. The van der Waals surface area contributed by atoms with Crippen LogP contribution in [0.4, 0.5) is 5.95 Å². The van der Waals surface area contributed by atoms with Gasteiger partial charge in [0.2, 0.25) is 5.95 Å². The molecule has 0 aliphatic carbocycles. The van der Waals surface area contributed by atoms with E-state index < -0.39 is 0 Å². The molecule has 13 heavy (non-hydrogen) atoms. The van der Waals surface area contributed by atoms with Crippen molar-refractivity contribution in [3.63, 3.8) is 0 Å². The second-order valence-electron chi connectivity index (χ2n) is 2.41. The Morgan fingerprint density at radius 2 is 2.00 bits per heavy atom. The van der Waals surface area contributed by atoms with E-state index in [1.165, 1.54) is 6.33 Å². The molecule has 1 aromatic heterocycles. The van der Waals surface area contributed by atoms with E-state index in [-0.39, 0.29) is 24.8 Å². The lowest BCUT2D eigenvalue weighted by Gasteiger charge is -2.25. The number of hydrogen-bond acceptors (Lipinski definition) is 4. The van der Waals surface area contributed by atoms with E-state index in [4.69, 9.17) is 4.74 Å². The first kappa shape index (κ1) is 12.5. The van der Waals surface area contributed by atoms with Crippen molar-refractivity contribution in [2.75, 3.05) is 31.2 Å². The van der Waals surface area contributed by atoms with Crippen LogP contribution in [0.25, 0.3) is 0 Å². The number of aromatic amines is 1. The second-order valence-corrected chi connectivity index (χ2v) is 2.41. The molecule has 5 nitrogen and oxygen atoms in total. The Bertz CT molecular complexity index is 212. The molecule has 0 amide bonds. The predicted octanol–water partition coefficient (Wildman–Crippen LogP) is 0.485. The Balaban J connectivity index is 0.000000720. The molecule has 2 rings (SSSR count). The SMILES string of the molecule is Cl.Cl.c1n[nH]c(N2CCOCC2)n1. The maximum Gasteiger partial charge on any atom is 0.221 e. The minimum absolute atomic E-state index is 0. The summed E-state index contributed by atoms with van der Waals surface area (Å²) in [7, 11) is 0. The lowest BCUT2D eigenvalue weighted by molar-refractivity contribution is 0.122. The van der Waals surface area contributed by atoms with Crippen LogP contribution in [-0.2, 0) is 4.74 Å². The van der Waals surface area contributed by atoms with Crippen molar-refractivity contribution in [1.82, 2.24) is 15.2 Å². The summed E-state index contributed by atoms with van der Waals surface area (Å²) in [5.74, 6) is 0.841. The van der Waals surface area contributed by atoms with Crippen molar-refractivity contribution >= 4 is 30.8 Å². The van der Waals surface area contributed by atoms with Crippen LogP contribution in [0.3, 0.4) is 0 Å². The van der Waals surface area contributed by atoms with Crippen LogP contribution in [0.1, 0.15) is 0 Å². The van der Waals surface area contributed by atoms with Crippen molar-refractivity contribution in [1.29, 1.82) is 0 Å². The third-order valence-electron chi connectivity index (χ3n) is 1.71. The van der Waals surface area contributed by atoms with E-state index >= 15 is 0 Å². The maximum absolute atomic E-state index is 5.19. The molecule has 2 heterocycles. The van der Waals surface area contributed by atoms with Gasteiger partial charge in [0.25, 0.3) is 0 Å². The third kappa shape index (κ3) is 3.02. The number of H-pyrrole nitrogens is 1. The quantitative estimate of drug-likeness (QED) is 0.758. The molecule has 0 bridgehead atoms. The highest BCUT2D eigenvalue weighted by Crippen LogP contribution is 2.06. The first-order valence-corrected chi connectivity index (χ1v) is 3.65. The monoisotopic (exact) mass is 226 g/mol. The minimum Gasteiger partial charge on any atom is -0.378 e. The van der Waals surface area contributed by atoms with E-state index in [0.717, 1.165) is 32.3 Å². The number of rotatable bonds is 1. The Labute approximate surface area is 88.7 Å². The molecule has 1 fully saturated rings. The van der Waals surface area contributed by atoms with E-state index in [9.17, 15) is 0 Å². The highest BCUT2D eigenvalue weighted by Gasteiger charge is 2.12. The zero-order valence-corrected chi connectivity index (χ0v) is 8.61. The molecule has 0 saturated carbocycles. The van der Waals surface area contributed by atoms with Gasteiger partial charge in [-0.1, -0.05) is 0 Å². The fourth-order valence-corrected chi connectivity index (χ4v) is 1.13. The third-order valence-corrected chi connectivity index (χ3v) is 1.71. The summed E-state index contributed by atoms with van der Waals surface area (Å²) in [6.07, 6.45) is 1.52. The first-order valence-electron chi connectivity index (χ1n) is 3.65. The molecule has 0 spiro atoms. The second kappa shape index (κ2) is 6.01. The van der Waals surface area contributed by atoms with E-state index in [2.05, 4.69) is 20.1 Å². The lowest BCUT2D eigenvalue weighted by atomic mass is 10.4. The fourth-order valence-electron chi connectivity index (χ4n) is 1.13. The van der Waals surface area contributed by atoms with Crippen LogP contribution in [0.5, 0.6) is 0 Å². The first-order chi connectivity index (χ1) is 5.47. The van der Waals surface area contributed by atoms with Gasteiger partial charge in [0.15, 0.2) is 0 Å². The summed E-state index contributed by atoms with van der Waals surface area (Å²) < 4.78 is 5.19. The van der Waals surface area contributed by atoms with Gasteiger partial charge in [-0.2, -0.15) is 10.1 Å².